The Morgan fingerprint density at radius 1 is 1.69 bits per heavy atom. The van der Waals surface area contributed by atoms with Crippen LogP contribution in [0.1, 0.15) is 12.6 Å². The van der Waals surface area contributed by atoms with Crippen LogP contribution in [0.3, 0.4) is 0 Å². The molecule has 0 bridgehead atoms. The lowest BCUT2D eigenvalue weighted by molar-refractivity contribution is -0.385. The van der Waals surface area contributed by atoms with Gasteiger partial charge in [-0.3, -0.25) is 10.1 Å². The third-order valence-corrected chi connectivity index (χ3v) is 1.48. The molecule has 0 aliphatic heterocycles. The summed E-state index contributed by atoms with van der Waals surface area (Å²) in [7, 11) is 0. The van der Waals surface area contributed by atoms with Gasteiger partial charge in [-0.05, 0) is 13.0 Å². The first-order chi connectivity index (χ1) is 6.15. The van der Waals surface area contributed by atoms with Crippen LogP contribution in [0.15, 0.2) is 23.5 Å². The maximum atomic E-state index is 10.2. The second kappa shape index (κ2) is 3.61. The Labute approximate surface area is 73.7 Å². The molecule has 0 fully saturated rings. The molecule has 0 radical (unpaired) electrons. The molecule has 1 aromatic rings. The second-order valence-electron chi connectivity index (χ2n) is 2.34. The minimum atomic E-state index is -0.539. The summed E-state index contributed by atoms with van der Waals surface area (Å²) in [4.78, 5) is 13.4. The number of hydrogen-bond acceptors (Lipinski definition) is 5. The van der Waals surface area contributed by atoms with Crippen LogP contribution in [-0.4, -0.2) is 20.8 Å². The molecule has 1 N–H and O–H groups in total. The van der Waals surface area contributed by atoms with Crippen LogP contribution in [-0.2, 0) is 0 Å². The van der Waals surface area contributed by atoms with Crippen molar-refractivity contribution in [2.45, 2.75) is 6.92 Å². The smallest absolute Gasteiger partial charge is 0.287 e. The van der Waals surface area contributed by atoms with Crippen molar-refractivity contribution in [3.05, 3.63) is 34.1 Å². The highest BCUT2D eigenvalue weighted by molar-refractivity contribution is 5.96. The van der Waals surface area contributed by atoms with E-state index in [1.165, 1.54) is 12.1 Å². The quantitative estimate of drug-likeness (QED) is 0.321. The second-order valence-corrected chi connectivity index (χ2v) is 2.34. The first-order valence-corrected chi connectivity index (χ1v) is 3.44. The normalized spacial score (nSPS) is 11.3. The lowest BCUT2D eigenvalue weighted by Crippen LogP contribution is -1.98. The van der Waals surface area contributed by atoms with Crippen LogP contribution in [0.25, 0.3) is 0 Å². The number of oxime groups is 1. The zero-order chi connectivity index (χ0) is 9.84. The Morgan fingerprint density at radius 2 is 2.38 bits per heavy atom. The monoisotopic (exact) mass is 181 g/mol. The summed E-state index contributed by atoms with van der Waals surface area (Å²) in [5, 5.41) is 21.5. The fourth-order valence-corrected chi connectivity index (χ4v) is 0.759. The number of hydrogen-bond donors (Lipinski definition) is 1. The molecular weight excluding hydrogens is 174 g/mol. The van der Waals surface area contributed by atoms with Crippen molar-refractivity contribution in [1.29, 1.82) is 0 Å². The minimum absolute atomic E-state index is 0.0884. The topological polar surface area (TPSA) is 88.6 Å². The molecular formula is C7H7N3O3. The summed E-state index contributed by atoms with van der Waals surface area (Å²) >= 11 is 0. The number of nitrogens with zero attached hydrogens (tertiary/aromatic N) is 3. The van der Waals surface area contributed by atoms with Gasteiger partial charge in [-0.2, -0.15) is 0 Å². The van der Waals surface area contributed by atoms with Crippen molar-refractivity contribution in [3.63, 3.8) is 0 Å². The highest BCUT2D eigenvalue weighted by Gasteiger charge is 2.06. The van der Waals surface area contributed by atoms with Gasteiger partial charge >= 0.3 is 0 Å². The molecule has 0 amide bonds. The summed E-state index contributed by atoms with van der Waals surface area (Å²) in [5.74, 6) is 0. The van der Waals surface area contributed by atoms with Crippen LogP contribution < -0.4 is 0 Å². The molecule has 0 spiro atoms. The Bertz CT molecular complexity index is 345. The number of nitro groups is 1. The lowest BCUT2D eigenvalue weighted by atomic mass is 10.2. The summed E-state index contributed by atoms with van der Waals surface area (Å²) in [5.41, 5.74) is 0.637. The van der Waals surface area contributed by atoms with Gasteiger partial charge < -0.3 is 5.21 Å². The van der Waals surface area contributed by atoms with Crippen LogP contribution in [0, 0.1) is 10.1 Å². The fourth-order valence-electron chi connectivity index (χ4n) is 0.759. The minimum Gasteiger partial charge on any atom is -0.411 e. The summed E-state index contributed by atoms with van der Waals surface area (Å²) in [6, 6.07) is 2.73. The van der Waals surface area contributed by atoms with Crippen molar-refractivity contribution in [2.24, 2.45) is 5.16 Å². The van der Waals surface area contributed by atoms with Gasteiger partial charge in [-0.1, -0.05) is 5.16 Å². The Balaban J connectivity index is 3.00. The highest BCUT2D eigenvalue weighted by atomic mass is 16.6. The third kappa shape index (κ3) is 1.98. The Morgan fingerprint density at radius 3 is 2.77 bits per heavy atom. The molecule has 1 aromatic heterocycles. The molecule has 6 heteroatoms. The SMILES string of the molecule is C/C(=N\O)c1ccc([N+](=O)[O-])cn1. The number of aromatic nitrogens is 1. The van der Waals surface area contributed by atoms with Gasteiger partial charge in [0.05, 0.1) is 10.6 Å². The van der Waals surface area contributed by atoms with Crippen molar-refractivity contribution >= 4 is 11.4 Å². The Hall–Kier alpha value is -1.98. The maximum absolute atomic E-state index is 10.2. The first kappa shape index (κ1) is 9.11. The van der Waals surface area contributed by atoms with E-state index in [-0.39, 0.29) is 5.69 Å². The highest BCUT2D eigenvalue weighted by Crippen LogP contribution is 2.08. The molecule has 0 saturated carbocycles. The molecule has 0 aliphatic carbocycles. The molecule has 6 nitrogen and oxygen atoms in total. The molecule has 1 heterocycles. The van der Waals surface area contributed by atoms with Crippen LogP contribution >= 0.6 is 0 Å². The number of pyridine rings is 1. The van der Waals surface area contributed by atoms with E-state index in [1.807, 2.05) is 0 Å². The number of rotatable bonds is 2. The average Bonchev–Trinajstić information content (AvgIpc) is 2.17. The van der Waals surface area contributed by atoms with E-state index in [2.05, 4.69) is 10.1 Å². The molecule has 0 aliphatic rings. The van der Waals surface area contributed by atoms with Crippen molar-refractivity contribution < 1.29 is 10.1 Å². The van der Waals surface area contributed by atoms with E-state index in [0.29, 0.717) is 11.4 Å². The largest absolute Gasteiger partial charge is 0.411 e. The zero-order valence-corrected chi connectivity index (χ0v) is 6.84. The molecule has 0 unspecified atom stereocenters. The molecule has 0 aromatic carbocycles. The van der Waals surface area contributed by atoms with Crippen LogP contribution in [0.5, 0.6) is 0 Å². The standard InChI is InChI=1S/C7H7N3O3/c1-5(9-11)7-3-2-6(4-8-7)10(12)13/h2-4,11H,1H3/b9-5+. The van der Waals surface area contributed by atoms with Crippen LogP contribution in [0.2, 0.25) is 0 Å². The van der Waals surface area contributed by atoms with E-state index in [0.717, 1.165) is 6.20 Å². The van der Waals surface area contributed by atoms with Gasteiger partial charge in [0.15, 0.2) is 0 Å². The van der Waals surface area contributed by atoms with Crippen molar-refractivity contribution in [2.75, 3.05) is 0 Å². The third-order valence-electron chi connectivity index (χ3n) is 1.48. The van der Waals surface area contributed by atoms with Crippen LogP contribution in [0.4, 0.5) is 5.69 Å². The molecule has 0 saturated heterocycles. The predicted molar refractivity (Wildman–Crippen MR) is 44.9 cm³/mol. The predicted octanol–water partition coefficient (Wildman–Crippen LogP) is 1.19. The molecule has 0 atom stereocenters. The lowest BCUT2D eigenvalue weighted by Gasteiger charge is -1.95. The van der Waals surface area contributed by atoms with Crippen molar-refractivity contribution in [3.8, 4) is 0 Å². The fraction of sp³-hybridized carbons (Fsp3) is 0.143. The van der Waals surface area contributed by atoms with Gasteiger partial charge in [0, 0.05) is 6.07 Å². The zero-order valence-electron chi connectivity index (χ0n) is 6.84. The van der Waals surface area contributed by atoms with E-state index in [1.54, 1.807) is 6.92 Å². The van der Waals surface area contributed by atoms with Gasteiger partial charge in [0.1, 0.15) is 11.9 Å². The molecule has 1 rings (SSSR count). The van der Waals surface area contributed by atoms with Gasteiger partial charge in [-0.25, -0.2) is 4.98 Å². The van der Waals surface area contributed by atoms with E-state index in [4.69, 9.17) is 5.21 Å². The van der Waals surface area contributed by atoms with Gasteiger partial charge in [0.25, 0.3) is 5.69 Å². The first-order valence-electron chi connectivity index (χ1n) is 3.44. The average molecular weight is 181 g/mol. The van der Waals surface area contributed by atoms with E-state index < -0.39 is 4.92 Å². The van der Waals surface area contributed by atoms with Gasteiger partial charge in [0.2, 0.25) is 0 Å². The summed E-state index contributed by atoms with van der Waals surface area (Å²) in [6.07, 6.45) is 1.12. The summed E-state index contributed by atoms with van der Waals surface area (Å²) in [6.45, 7) is 1.55. The van der Waals surface area contributed by atoms with Crippen molar-refractivity contribution in [1.82, 2.24) is 4.98 Å². The van der Waals surface area contributed by atoms with Gasteiger partial charge in [-0.15, -0.1) is 0 Å². The summed E-state index contributed by atoms with van der Waals surface area (Å²) < 4.78 is 0. The Kier molecular flexibility index (Phi) is 2.53. The van der Waals surface area contributed by atoms with E-state index in [9.17, 15) is 10.1 Å². The van der Waals surface area contributed by atoms with E-state index >= 15 is 0 Å². The molecule has 13 heavy (non-hydrogen) atoms. The molecule has 68 valence electrons. The maximum Gasteiger partial charge on any atom is 0.287 e.